The van der Waals surface area contributed by atoms with Gasteiger partial charge in [-0.25, -0.2) is 4.79 Å². The first kappa shape index (κ1) is 20.4. The molecule has 3 aromatic carbocycles. The maximum absolute atomic E-state index is 12.4. The average molecular weight is 410 g/mol. The first-order chi connectivity index (χ1) is 13.9. The van der Waals surface area contributed by atoms with E-state index in [-0.39, 0.29) is 12.5 Å². The van der Waals surface area contributed by atoms with E-state index in [0.717, 1.165) is 16.8 Å². The number of esters is 1. The Bertz CT molecular complexity index is 1030. The summed E-state index contributed by atoms with van der Waals surface area (Å²) in [5, 5.41) is 3.40. The number of hydrogen-bond acceptors (Lipinski definition) is 4. The Hall–Kier alpha value is -3.31. The van der Waals surface area contributed by atoms with Gasteiger partial charge in [0.25, 0.3) is 5.91 Å². The third kappa shape index (κ3) is 5.83. The predicted octanol–water partition coefficient (Wildman–Crippen LogP) is 5.19. The number of amides is 1. The Morgan fingerprint density at radius 1 is 0.931 bits per heavy atom. The molecule has 5 nitrogen and oxygen atoms in total. The van der Waals surface area contributed by atoms with Gasteiger partial charge in [-0.2, -0.15) is 0 Å². The van der Waals surface area contributed by atoms with E-state index >= 15 is 0 Å². The molecule has 29 heavy (non-hydrogen) atoms. The van der Waals surface area contributed by atoms with Gasteiger partial charge in [0.15, 0.2) is 6.61 Å². The fourth-order valence-corrected chi connectivity index (χ4v) is 2.86. The molecule has 3 aromatic rings. The molecule has 0 saturated carbocycles. The molecule has 0 atom stereocenters. The fourth-order valence-electron chi connectivity index (χ4n) is 2.68. The van der Waals surface area contributed by atoms with Crippen LogP contribution < -0.4 is 14.8 Å². The lowest BCUT2D eigenvalue weighted by Crippen LogP contribution is -2.18. The number of nitrogens with one attached hydrogen (secondary N) is 1. The zero-order valence-corrected chi connectivity index (χ0v) is 16.8. The maximum atomic E-state index is 12.4. The van der Waals surface area contributed by atoms with E-state index in [9.17, 15) is 9.59 Å². The number of benzene rings is 3. The highest BCUT2D eigenvalue weighted by Gasteiger charge is 2.10. The lowest BCUT2D eigenvalue weighted by molar-refractivity contribution is -0.136. The molecule has 1 amide bonds. The summed E-state index contributed by atoms with van der Waals surface area (Å²) in [7, 11) is 0. The van der Waals surface area contributed by atoms with Gasteiger partial charge < -0.3 is 14.8 Å². The topological polar surface area (TPSA) is 64.6 Å². The van der Waals surface area contributed by atoms with Gasteiger partial charge in [0.05, 0.1) is 0 Å². The highest BCUT2D eigenvalue weighted by molar-refractivity contribution is 6.30. The van der Waals surface area contributed by atoms with Crippen LogP contribution in [0.1, 0.15) is 21.5 Å². The molecule has 0 aromatic heterocycles. The summed E-state index contributed by atoms with van der Waals surface area (Å²) in [5.41, 5.74) is 3.34. The van der Waals surface area contributed by atoms with Crippen molar-refractivity contribution in [3.05, 3.63) is 88.4 Å². The summed E-state index contributed by atoms with van der Waals surface area (Å²) in [5.74, 6) is 0.0113. The van der Waals surface area contributed by atoms with E-state index in [2.05, 4.69) is 5.32 Å². The molecular weight excluding hydrogens is 390 g/mol. The van der Waals surface area contributed by atoms with Gasteiger partial charge in [-0.15, -0.1) is 0 Å². The number of hydrogen-bond donors (Lipinski definition) is 1. The molecule has 0 bridgehead atoms. The smallest absolute Gasteiger partial charge is 0.349 e. The van der Waals surface area contributed by atoms with Crippen LogP contribution in [0.5, 0.6) is 11.5 Å². The molecule has 1 N–H and O–H groups in total. The standard InChI is InChI=1S/C23H20ClNO4/c1-15-6-11-21(16(2)12-15)25-23(27)17-7-9-19(10-8-17)29-22(26)14-28-20-5-3-4-18(24)13-20/h3-13H,14H2,1-2H3,(H,25,27). The third-order valence-electron chi connectivity index (χ3n) is 4.13. The third-order valence-corrected chi connectivity index (χ3v) is 4.37. The van der Waals surface area contributed by atoms with Crippen molar-refractivity contribution in [2.75, 3.05) is 11.9 Å². The van der Waals surface area contributed by atoms with Crippen LogP contribution in [-0.4, -0.2) is 18.5 Å². The normalized spacial score (nSPS) is 10.3. The molecule has 0 aliphatic rings. The Labute approximate surface area is 174 Å². The van der Waals surface area contributed by atoms with E-state index in [1.807, 2.05) is 32.0 Å². The summed E-state index contributed by atoms with van der Waals surface area (Å²) in [4.78, 5) is 24.4. The number of rotatable bonds is 6. The quantitative estimate of drug-likeness (QED) is 0.449. The molecule has 0 spiro atoms. The highest BCUT2D eigenvalue weighted by atomic mass is 35.5. The van der Waals surface area contributed by atoms with E-state index in [1.165, 1.54) is 0 Å². The number of aryl methyl sites for hydroxylation is 2. The maximum Gasteiger partial charge on any atom is 0.349 e. The molecule has 0 saturated heterocycles. The molecule has 0 aliphatic carbocycles. The minimum Gasteiger partial charge on any atom is -0.482 e. The van der Waals surface area contributed by atoms with E-state index < -0.39 is 5.97 Å². The summed E-state index contributed by atoms with van der Waals surface area (Å²) in [6.07, 6.45) is 0. The Kier molecular flexibility index (Phi) is 6.52. The van der Waals surface area contributed by atoms with Crippen LogP contribution in [0.15, 0.2) is 66.7 Å². The van der Waals surface area contributed by atoms with Crippen LogP contribution in [0.4, 0.5) is 5.69 Å². The van der Waals surface area contributed by atoms with Crippen molar-refractivity contribution >= 4 is 29.2 Å². The Balaban J connectivity index is 1.55. The van der Waals surface area contributed by atoms with Crippen molar-refractivity contribution in [3.63, 3.8) is 0 Å². The molecule has 0 fully saturated rings. The van der Waals surface area contributed by atoms with Crippen molar-refractivity contribution in [2.24, 2.45) is 0 Å². The van der Waals surface area contributed by atoms with Crippen LogP contribution >= 0.6 is 11.6 Å². The van der Waals surface area contributed by atoms with Crippen LogP contribution in [0.2, 0.25) is 5.02 Å². The fraction of sp³-hybridized carbons (Fsp3) is 0.130. The highest BCUT2D eigenvalue weighted by Crippen LogP contribution is 2.19. The van der Waals surface area contributed by atoms with Gasteiger partial charge in [0, 0.05) is 16.3 Å². The lowest BCUT2D eigenvalue weighted by Gasteiger charge is -2.10. The Morgan fingerprint density at radius 3 is 2.38 bits per heavy atom. The minimum absolute atomic E-state index is 0.237. The number of ether oxygens (including phenoxy) is 2. The van der Waals surface area contributed by atoms with Gasteiger partial charge in [0.2, 0.25) is 0 Å². The number of carbonyl (C=O) groups excluding carboxylic acids is 2. The zero-order valence-electron chi connectivity index (χ0n) is 16.1. The van der Waals surface area contributed by atoms with E-state index in [4.69, 9.17) is 21.1 Å². The molecule has 0 radical (unpaired) electrons. The molecular formula is C23H20ClNO4. The second-order valence-electron chi connectivity index (χ2n) is 6.52. The van der Waals surface area contributed by atoms with Crippen LogP contribution in [-0.2, 0) is 4.79 Å². The van der Waals surface area contributed by atoms with Gasteiger partial charge in [-0.1, -0.05) is 35.4 Å². The first-order valence-corrected chi connectivity index (χ1v) is 9.36. The van der Waals surface area contributed by atoms with Crippen molar-refractivity contribution in [3.8, 4) is 11.5 Å². The van der Waals surface area contributed by atoms with Crippen LogP contribution in [0, 0.1) is 13.8 Å². The first-order valence-electron chi connectivity index (χ1n) is 8.98. The zero-order chi connectivity index (χ0) is 20.8. The van der Waals surface area contributed by atoms with Crippen molar-refractivity contribution < 1.29 is 19.1 Å². The number of anilines is 1. The van der Waals surface area contributed by atoms with Gasteiger partial charge in [-0.05, 0) is 67.9 Å². The Morgan fingerprint density at radius 2 is 1.69 bits per heavy atom. The van der Waals surface area contributed by atoms with E-state index in [0.29, 0.717) is 22.1 Å². The molecule has 148 valence electrons. The molecule has 0 heterocycles. The van der Waals surface area contributed by atoms with Crippen molar-refractivity contribution in [2.45, 2.75) is 13.8 Å². The average Bonchev–Trinajstić information content (AvgIpc) is 2.69. The molecule has 0 aliphatic heterocycles. The minimum atomic E-state index is -0.558. The summed E-state index contributed by atoms with van der Waals surface area (Å²) < 4.78 is 10.6. The molecule has 6 heteroatoms. The van der Waals surface area contributed by atoms with Crippen molar-refractivity contribution in [1.82, 2.24) is 0 Å². The van der Waals surface area contributed by atoms with Gasteiger partial charge in [-0.3, -0.25) is 4.79 Å². The summed E-state index contributed by atoms with van der Waals surface area (Å²) in [6.45, 7) is 3.69. The largest absolute Gasteiger partial charge is 0.482 e. The van der Waals surface area contributed by atoms with Crippen LogP contribution in [0.3, 0.4) is 0 Å². The summed E-state index contributed by atoms with van der Waals surface area (Å²) >= 11 is 5.87. The second kappa shape index (κ2) is 9.26. The molecule has 3 rings (SSSR count). The predicted molar refractivity (Wildman–Crippen MR) is 113 cm³/mol. The molecule has 0 unspecified atom stereocenters. The number of carbonyl (C=O) groups is 2. The van der Waals surface area contributed by atoms with E-state index in [1.54, 1.807) is 48.5 Å². The number of halogens is 1. The van der Waals surface area contributed by atoms with Gasteiger partial charge in [0.1, 0.15) is 11.5 Å². The van der Waals surface area contributed by atoms with Crippen molar-refractivity contribution in [1.29, 1.82) is 0 Å². The lowest BCUT2D eigenvalue weighted by atomic mass is 10.1. The summed E-state index contributed by atoms with van der Waals surface area (Å²) in [6, 6.07) is 18.9. The SMILES string of the molecule is Cc1ccc(NC(=O)c2ccc(OC(=O)COc3cccc(Cl)c3)cc2)c(C)c1. The monoisotopic (exact) mass is 409 g/mol. The van der Waals surface area contributed by atoms with Gasteiger partial charge >= 0.3 is 5.97 Å². The van der Waals surface area contributed by atoms with Crippen LogP contribution in [0.25, 0.3) is 0 Å². The second-order valence-corrected chi connectivity index (χ2v) is 6.95.